The van der Waals surface area contributed by atoms with Crippen LogP contribution in [-0.4, -0.2) is 11.2 Å². The summed E-state index contributed by atoms with van der Waals surface area (Å²) in [5, 5.41) is 9.02. The van der Waals surface area contributed by atoms with Crippen molar-refractivity contribution in [3.63, 3.8) is 0 Å². The van der Waals surface area contributed by atoms with Gasteiger partial charge in [-0.05, 0) is 38.2 Å². The summed E-state index contributed by atoms with van der Waals surface area (Å²) in [5.74, 6) is 6.16. The summed E-state index contributed by atoms with van der Waals surface area (Å²) in [4.78, 5) is 0. The van der Waals surface area contributed by atoms with Crippen molar-refractivity contribution >= 4 is 0 Å². The van der Waals surface area contributed by atoms with Gasteiger partial charge in [-0.25, -0.2) is 0 Å². The molecule has 0 aliphatic heterocycles. The summed E-state index contributed by atoms with van der Waals surface area (Å²) < 4.78 is 0. The smallest absolute Gasteiger partial charge is 0.0621 e. The standard InChI is InChI=1S/C12H18O/c1-11(13)7-6-10-12-8-4-2-3-5-9-12/h8,11,13H,2-5,7,9H2,1H3. The molecule has 0 fully saturated rings. The minimum atomic E-state index is -0.293. The molecule has 1 unspecified atom stereocenters. The molecule has 0 saturated carbocycles. The molecule has 1 N–H and O–H groups in total. The molecule has 0 saturated heterocycles. The zero-order valence-corrected chi connectivity index (χ0v) is 8.34. The topological polar surface area (TPSA) is 20.2 Å². The fraction of sp³-hybridized carbons (Fsp3) is 0.667. The minimum Gasteiger partial charge on any atom is -0.392 e. The lowest BCUT2D eigenvalue weighted by molar-refractivity contribution is 0.201. The lowest BCUT2D eigenvalue weighted by Crippen LogP contribution is -1.95. The van der Waals surface area contributed by atoms with Crippen molar-refractivity contribution in [2.45, 2.75) is 51.6 Å². The maximum Gasteiger partial charge on any atom is 0.0621 e. The molecule has 1 nitrogen and oxygen atoms in total. The predicted molar refractivity (Wildman–Crippen MR) is 55.2 cm³/mol. The Kier molecular flexibility index (Phi) is 4.64. The lowest BCUT2D eigenvalue weighted by Gasteiger charge is -1.95. The van der Waals surface area contributed by atoms with Gasteiger partial charge in [-0.3, -0.25) is 0 Å². The van der Waals surface area contributed by atoms with Gasteiger partial charge in [0.15, 0.2) is 0 Å². The predicted octanol–water partition coefficient (Wildman–Crippen LogP) is 2.65. The van der Waals surface area contributed by atoms with Crippen LogP contribution in [0.4, 0.5) is 0 Å². The van der Waals surface area contributed by atoms with E-state index in [1.165, 1.54) is 31.3 Å². The Balaban J connectivity index is 2.39. The van der Waals surface area contributed by atoms with E-state index in [1.54, 1.807) is 6.92 Å². The van der Waals surface area contributed by atoms with Crippen LogP contribution in [0.3, 0.4) is 0 Å². The number of rotatable bonds is 1. The minimum absolute atomic E-state index is 0.293. The van der Waals surface area contributed by atoms with Crippen LogP contribution in [0.5, 0.6) is 0 Å². The lowest BCUT2D eigenvalue weighted by atomic mass is 10.1. The molecule has 72 valence electrons. The van der Waals surface area contributed by atoms with E-state index in [-0.39, 0.29) is 6.10 Å². The van der Waals surface area contributed by atoms with Crippen molar-refractivity contribution in [1.82, 2.24) is 0 Å². The Morgan fingerprint density at radius 2 is 2.31 bits per heavy atom. The molecule has 1 atom stereocenters. The van der Waals surface area contributed by atoms with Crippen molar-refractivity contribution < 1.29 is 5.11 Å². The van der Waals surface area contributed by atoms with E-state index in [2.05, 4.69) is 17.9 Å². The van der Waals surface area contributed by atoms with Gasteiger partial charge in [-0.1, -0.05) is 24.3 Å². The van der Waals surface area contributed by atoms with E-state index in [0.717, 1.165) is 6.42 Å². The highest BCUT2D eigenvalue weighted by Crippen LogP contribution is 2.16. The molecule has 0 spiro atoms. The third-order valence-corrected chi connectivity index (χ3v) is 2.19. The average molecular weight is 178 g/mol. The summed E-state index contributed by atoms with van der Waals surface area (Å²) in [6.45, 7) is 1.77. The van der Waals surface area contributed by atoms with Gasteiger partial charge < -0.3 is 5.11 Å². The molecule has 0 aromatic carbocycles. The van der Waals surface area contributed by atoms with E-state index >= 15 is 0 Å². The highest BCUT2D eigenvalue weighted by molar-refractivity contribution is 5.29. The molecule has 0 bridgehead atoms. The van der Waals surface area contributed by atoms with Crippen LogP contribution in [-0.2, 0) is 0 Å². The second-order valence-corrected chi connectivity index (χ2v) is 3.68. The number of hydrogen-bond acceptors (Lipinski definition) is 1. The van der Waals surface area contributed by atoms with Crippen LogP contribution in [0.2, 0.25) is 0 Å². The molecule has 0 radical (unpaired) electrons. The molecular formula is C12H18O. The summed E-state index contributed by atoms with van der Waals surface area (Å²) in [7, 11) is 0. The highest BCUT2D eigenvalue weighted by Gasteiger charge is 1.99. The van der Waals surface area contributed by atoms with E-state index < -0.39 is 0 Å². The van der Waals surface area contributed by atoms with Gasteiger partial charge in [0.25, 0.3) is 0 Å². The summed E-state index contributed by atoms with van der Waals surface area (Å²) in [6.07, 6.45) is 8.78. The third-order valence-electron chi connectivity index (χ3n) is 2.19. The normalized spacial score (nSPS) is 19.4. The molecule has 0 aromatic heterocycles. The van der Waals surface area contributed by atoms with Gasteiger partial charge in [0, 0.05) is 6.42 Å². The Hall–Kier alpha value is -0.740. The average Bonchev–Trinajstić information content (AvgIpc) is 2.32. The van der Waals surface area contributed by atoms with Gasteiger partial charge in [0.05, 0.1) is 6.10 Å². The van der Waals surface area contributed by atoms with Gasteiger partial charge in [0.2, 0.25) is 0 Å². The van der Waals surface area contributed by atoms with E-state index in [1.807, 2.05) is 0 Å². The Morgan fingerprint density at radius 1 is 1.46 bits per heavy atom. The van der Waals surface area contributed by atoms with E-state index in [0.29, 0.717) is 6.42 Å². The molecule has 1 heteroatoms. The fourth-order valence-electron chi connectivity index (χ4n) is 1.44. The Labute approximate surface area is 80.9 Å². The van der Waals surface area contributed by atoms with Gasteiger partial charge in [-0.2, -0.15) is 0 Å². The molecular weight excluding hydrogens is 160 g/mol. The first-order valence-corrected chi connectivity index (χ1v) is 5.15. The van der Waals surface area contributed by atoms with Crippen LogP contribution in [0, 0.1) is 11.8 Å². The summed E-state index contributed by atoms with van der Waals surface area (Å²) in [6, 6.07) is 0. The molecule has 1 aliphatic rings. The van der Waals surface area contributed by atoms with Gasteiger partial charge >= 0.3 is 0 Å². The second kappa shape index (κ2) is 5.83. The molecule has 0 amide bonds. The Bertz CT molecular complexity index is 227. The summed E-state index contributed by atoms with van der Waals surface area (Å²) in [5.41, 5.74) is 1.28. The van der Waals surface area contributed by atoms with Crippen LogP contribution in [0.25, 0.3) is 0 Å². The van der Waals surface area contributed by atoms with Crippen molar-refractivity contribution in [1.29, 1.82) is 0 Å². The molecule has 1 rings (SSSR count). The van der Waals surface area contributed by atoms with Crippen LogP contribution < -0.4 is 0 Å². The molecule has 13 heavy (non-hydrogen) atoms. The zero-order chi connectivity index (χ0) is 9.52. The summed E-state index contributed by atoms with van der Waals surface area (Å²) >= 11 is 0. The van der Waals surface area contributed by atoms with Crippen molar-refractivity contribution in [3.8, 4) is 11.8 Å². The van der Waals surface area contributed by atoms with Crippen molar-refractivity contribution in [2.75, 3.05) is 0 Å². The van der Waals surface area contributed by atoms with E-state index in [9.17, 15) is 0 Å². The highest BCUT2D eigenvalue weighted by atomic mass is 16.3. The second-order valence-electron chi connectivity index (χ2n) is 3.68. The third kappa shape index (κ3) is 4.75. The van der Waals surface area contributed by atoms with Gasteiger partial charge in [0.1, 0.15) is 0 Å². The number of hydrogen-bond donors (Lipinski definition) is 1. The fourth-order valence-corrected chi connectivity index (χ4v) is 1.44. The molecule has 0 heterocycles. The monoisotopic (exact) mass is 178 g/mol. The maximum atomic E-state index is 9.02. The Morgan fingerprint density at radius 3 is 3.08 bits per heavy atom. The molecule has 0 aromatic rings. The maximum absolute atomic E-state index is 9.02. The van der Waals surface area contributed by atoms with E-state index in [4.69, 9.17) is 5.11 Å². The first kappa shape index (κ1) is 10.3. The quantitative estimate of drug-likeness (QED) is 0.612. The number of allylic oxidation sites excluding steroid dienone is 2. The van der Waals surface area contributed by atoms with Crippen molar-refractivity contribution in [3.05, 3.63) is 11.6 Å². The van der Waals surface area contributed by atoms with Crippen LogP contribution in [0.15, 0.2) is 11.6 Å². The zero-order valence-electron chi connectivity index (χ0n) is 8.34. The van der Waals surface area contributed by atoms with Crippen molar-refractivity contribution in [2.24, 2.45) is 0 Å². The first-order valence-electron chi connectivity index (χ1n) is 5.15. The first-order chi connectivity index (χ1) is 6.29. The number of aliphatic hydroxyl groups excluding tert-OH is 1. The van der Waals surface area contributed by atoms with Crippen LogP contribution >= 0.6 is 0 Å². The van der Waals surface area contributed by atoms with Crippen LogP contribution in [0.1, 0.15) is 45.4 Å². The SMILES string of the molecule is CC(O)CC#CC1=CCCCCC1. The van der Waals surface area contributed by atoms with Gasteiger partial charge in [-0.15, -0.1) is 0 Å². The molecule has 1 aliphatic carbocycles. The largest absolute Gasteiger partial charge is 0.392 e. The number of aliphatic hydroxyl groups is 1.